The first-order chi connectivity index (χ1) is 9.72. The van der Waals surface area contributed by atoms with Crippen molar-refractivity contribution < 1.29 is 9.53 Å². The Hall–Kier alpha value is -1.55. The molecule has 0 radical (unpaired) electrons. The Balaban J connectivity index is 1.69. The Morgan fingerprint density at radius 2 is 1.85 bits per heavy atom. The van der Waals surface area contributed by atoms with E-state index in [1.54, 1.807) is 0 Å². The molecule has 104 valence electrons. The smallest absolute Gasteiger partial charge is 0.260 e. The zero-order valence-electron chi connectivity index (χ0n) is 11.1. The predicted molar refractivity (Wildman–Crippen MR) is 83.0 cm³/mol. The van der Waals surface area contributed by atoms with Gasteiger partial charge in [0.1, 0.15) is 5.75 Å². The standard InChI is InChI=1S/C16H16BrNO2/c17-14-5-3-12-4-6-15(10-13(12)9-14)20-11-16(19)18-7-1-2-8-18/h3-6,9-10H,1-2,7-8,11H2. The van der Waals surface area contributed by atoms with Crippen LogP contribution in [0.3, 0.4) is 0 Å². The van der Waals surface area contributed by atoms with Gasteiger partial charge in [0.05, 0.1) is 0 Å². The average Bonchev–Trinajstić information content (AvgIpc) is 2.98. The van der Waals surface area contributed by atoms with Gasteiger partial charge in [-0.25, -0.2) is 0 Å². The molecule has 2 aromatic carbocycles. The Labute approximate surface area is 126 Å². The van der Waals surface area contributed by atoms with Gasteiger partial charge in [0, 0.05) is 17.6 Å². The fourth-order valence-corrected chi connectivity index (χ4v) is 2.87. The van der Waals surface area contributed by atoms with Crippen molar-refractivity contribution >= 4 is 32.6 Å². The third-order valence-corrected chi connectivity index (χ3v) is 4.09. The Morgan fingerprint density at radius 3 is 2.65 bits per heavy atom. The summed E-state index contributed by atoms with van der Waals surface area (Å²) in [7, 11) is 0. The van der Waals surface area contributed by atoms with Crippen LogP contribution in [0.1, 0.15) is 12.8 Å². The van der Waals surface area contributed by atoms with Crippen LogP contribution in [-0.2, 0) is 4.79 Å². The second-order valence-corrected chi connectivity index (χ2v) is 5.95. The second kappa shape index (κ2) is 5.83. The van der Waals surface area contributed by atoms with Gasteiger partial charge in [0.15, 0.2) is 6.61 Å². The normalized spacial score (nSPS) is 14.8. The van der Waals surface area contributed by atoms with Gasteiger partial charge in [0.2, 0.25) is 0 Å². The molecule has 1 aliphatic rings. The molecule has 1 aliphatic heterocycles. The van der Waals surface area contributed by atoms with Crippen molar-refractivity contribution in [2.24, 2.45) is 0 Å². The SMILES string of the molecule is O=C(COc1ccc2ccc(Br)cc2c1)N1CCCC1. The van der Waals surface area contributed by atoms with E-state index in [-0.39, 0.29) is 12.5 Å². The maximum absolute atomic E-state index is 11.9. The van der Waals surface area contributed by atoms with E-state index in [1.807, 2.05) is 35.2 Å². The number of benzene rings is 2. The lowest BCUT2D eigenvalue weighted by molar-refractivity contribution is -0.132. The molecule has 2 aromatic rings. The van der Waals surface area contributed by atoms with Gasteiger partial charge in [-0.05, 0) is 47.9 Å². The molecule has 1 amide bonds. The van der Waals surface area contributed by atoms with Crippen molar-refractivity contribution in [2.45, 2.75) is 12.8 Å². The number of rotatable bonds is 3. The van der Waals surface area contributed by atoms with Gasteiger partial charge < -0.3 is 9.64 Å². The topological polar surface area (TPSA) is 29.5 Å². The van der Waals surface area contributed by atoms with Crippen molar-refractivity contribution in [1.82, 2.24) is 4.90 Å². The largest absolute Gasteiger partial charge is 0.484 e. The highest BCUT2D eigenvalue weighted by atomic mass is 79.9. The first-order valence-corrected chi connectivity index (χ1v) is 7.61. The molecule has 0 atom stereocenters. The van der Waals surface area contributed by atoms with Gasteiger partial charge in [0.25, 0.3) is 5.91 Å². The van der Waals surface area contributed by atoms with Crippen molar-refractivity contribution in [3.63, 3.8) is 0 Å². The zero-order valence-corrected chi connectivity index (χ0v) is 12.7. The fourth-order valence-electron chi connectivity index (χ4n) is 2.49. The van der Waals surface area contributed by atoms with Gasteiger partial charge in [-0.3, -0.25) is 4.79 Å². The summed E-state index contributed by atoms with van der Waals surface area (Å²) in [4.78, 5) is 13.8. The van der Waals surface area contributed by atoms with E-state index < -0.39 is 0 Å². The van der Waals surface area contributed by atoms with E-state index in [9.17, 15) is 4.79 Å². The Kier molecular flexibility index (Phi) is 3.92. The van der Waals surface area contributed by atoms with Crippen LogP contribution in [0.25, 0.3) is 10.8 Å². The third-order valence-electron chi connectivity index (χ3n) is 3.59. The minimum Gasteiger partial charge on any atom is -0.484 e. The summed E-state index contributed by atoms with van der Waals surface area (Å²) < 4.78 is 6.66. The lowest BCUT2D eigenvalue weighted by atomic mass is 10.1. The van der Waals surface area contributed by atoms with Crippen molar-refractivity contribution in [1.29, 1.82) is 0 Å². The summed E-state index contributed by atoms with van der Waals surface area (Å²) in [6.07, 6.45) is 2.21. The molecule has 0 saturated carbocycles. The molecule has 0 aromatic heterocycles. The molecule has 1 saturated heterocycles. The number of carbonyl (C=O) groups excluding carboxylic acids is 1. The molecule has 4 heteroatoms. The molecular formula is C16H16BrNO2. The second-order valence-electron chi connectivity index (χ2n) is 5.03. The molecule has 3 rings (SSSR count). The number of hydrogen-bond acceptors (Lipinski definition) is 2. The van der Waals surface area contributed by atoms with E-state index in [0.717, 1.165) is 46.9 Å². The molecule has 0 unspecified atom stereocenters. The highest BCUT2D eigenvalue weighted by Crippen LogP contribution is 2.24. The maximum Gasteiger partial charge on any atom is 0.260 e. The van der Waals surface area contributed by atoms with Crippen molar-refractivity contribution in [3.05, 3.63) is 40.9 Å². The van der Waals surface area contributed by atoms with Crippen LogP contribution >= 0.6 is 15.9 Å². The summed E-state index contributed by atoms with van der Waals surface area (Å²) in [5, 5.41) is 2.26. The molecule has 0 spiro atoms. The molecule has 20 heavy (non-hydrogen) atoms. The van der Waals surface area contributed by atoms with Crippen LogP contribution in [0.4, 0.5) is 0 Å². The van der Waals surface area contributed by atoms with Crippen molar-refractivity contribution in [3.8, 4) is 5.75 Å². The third kappa shape index (κ3) is 2.96. The molecule has 1 fully saturated rings. The monoisotopic (exact) mass is 333 g/mol. The van der Waals surface area contributed by atoms with Crippen LogP contribution in [0.2, 0.25) is 0 Å². The molecule has 0 bridgehead atoms. The van der Waals surface area contributed by atoms with Crippen LogP contribution < -0.4 is 4.74 Å². The van der Waals surface area contributed by atoms with Crippen molar-refractivity contribution in [2.75, 3.05) is 19.7 Å². The Morgan fingerprint density at radius 1 is 1.10 bits per heavy atom. The molecular weight excluding hydrogens is 318 g/mol. The van der Waals surface area contributed by atoms with Gasteiger partial charge in [-0.1, -0.05) is 28.1 Å². The number of halogens is 1. The number of ether oxygens (including phenoxy) is 1. The zero-order chi connectivity index (χ0) is 13.9. The van der Waals surface area contributed by atoms with E-state index in [1.165, 1.54) is 0 Å². The molecule has 3 nitrogen and oxygen atoms in total. The summed E-state index contributed by atoms with van der Waals surface area (Å²) in [6, 6.07) is 12.0. The van der Waals surface area contributed by atoms with E-state index >= 15 is 0 Å². The van der Waals surface area contributed by atoms with E-state index in [2.05, 4.69) is 22.0 Å². The number of amides is 1. The van der Waals surface area contributed by atoms with Gasteiger partial charge in [-0.15, -0.1) is 0 Å². The average molecular weight is 334 g/mol. The molecule has 1 heterocycles. The minimum absolute atomic E-state index is 0.0804. The molecule has 0 aliphatic carbocycles. The lowest BCUT2D eigenvalue weighted by Crippen LogP contribution is -2.32. The minimum atomic E-state index is 0.0804. The fraction of sp³-hybridized carbons (Fsp3) is 0.312. The number of likely N-dealkylation sites (tertiary alicyclic amines) is 1. The Bertz CT molecular complexity index is 635. The first-order valence-electron chi connectivity index (χ1n) is 6.82. The summed E-state index contributed by atoms with van der Waals surface area (Å²) in [5.74, 6) is 0.819. The highest BCUT2D eigenvalue weighted by Gasteiger charge is 2.18. The van der Waals surface area contributed by atoms with Gasteiger partial charge >= 0.3 is 0 Å². The quantitative estimate of drug-likeness (QED) is 0.858. The van der Waals surface area contributed by atoms with Crippen LogP contribution in [0, 0.1) is 0 Å². The summed E-state index contributed by atoms with van der Waals surface area (Å²) >= 11 is 3.46. The first kappa shape index (κ1) is 13.4. The predicted octanol–water partition coefficient (Wildman–Crippen LogP) is 3.60. The summed E-state index contributed by atoms with van der Waals surface area (Å²) in [5.41, 5.74) is 0. The van der Waals surface area contributed by atoms with Gasteiger partial charge in [-0.2, -0.15) is 0 Å². The molecule has 0 N–H and O–H groups in total. The van der Waals surface area contributed by atoms with Crippen LogP contribution in [0.5, 0.6) is 5.75 Å². The van der Waals surface area contributed by atoms with Crippen LogP contribution in [-0.4, -0.2) is 30.5 Å². The van der Waals surface area contributed by atoms with Crippen LogP contribution in [0.15, 0.2) is 40.9 Å². The number of nitrogens with zero attached hydrogens (tertiary/aromatic N) is 1. The van der Waals surface area contributed by atoms with E-state index in [0.29, 0.717) is 0 Å². The number of hydrogen-bond donors (Lipinski definition) is 0. The summed E-state index contributed by atoms with van der Waals surface area (Å²) in [6.45, 7) is 1.86. The highest BCUT2D eigenvalue weighted by molar-refractivity contribution is 9.10. The number of carbonyl (C=O) groups is 1. The number of fused-ring (bicyclic) bond motifs is 1. The van der Waals surface area contributed by atoms with E-state index in [4.69, 9.17) is 4.74 Å². The lowest BCUT2D eigenvalue weighted by Gasteiger charge is -2.15. The maximum atomic E-state index is 11.9.